The molecular weight excluding hydrogens is 486 g/mol. The van der Waals surface area contributed by atoms with Crippen molar-refractivity contribution in [1.82, 2.24) is 0 Å². The van der Waals surface area contributed by atoms with Gasteiger partial charge in [0.1, 0.15) is 11.2 Å². The number of nitrogens with zero attached hydrogens (tertiary/aromatic N) is 1. The maximum atomic E-state index is 6.41. The van der Waals surface area contributed by atoms with E-state index < -0.39 is 0 Å². The lowest BCUT2D eigenvalue weighted by Crippen LogP contribution is -2.09. The Morgan fingerprint density at radius 2 is 1.02 bits per heavy atom. The van der Waals surface area contributed by atoms with E-state index in [9.17, 15) is 0 Å². The van der Waals surface area contributed by atoms with Gasteiger partial charge in [-0.1, -0.05) is 97.1 Å². The van der Waals surface area contributed by atoms with Crippen molar-refractivity contribution in [3.63, 3.8) is 0 Å². The van der Waals surface area contributed by atoms with Crippen LogP contribution in [0, 0.1) is 0 Å². The number of furan rings is 1. The molecule has 0 aliphatic rings. The first kappa shape index (κ1) is 22.6. The number of hydrogen-bond acceptors (Lipinski definition) is 2. The van der Waals surface area contributed by atoms with E-state index in [4.69, 9.17) is 4.42 Å². The number of para-hydroxylation sites is 1. The number of fused-ring (bicyclic) bond motifs is 6. The summed E-state index contributed by atoms with van der Waals surface area (Å²) in [6.07, 6.45) is 0. The zero-order valence-corrected chi connectivity index (χ0v) is 21.8. The highest BCUT2D eigenvalue weighted by atomic mass is 16.3. The van der Waals surface area contributed by atoms with Gasteiger partial charge < -0.3 is 9.32 Å². The number of rotatable bonds is 4. The summed E-state index contributed by atoms with van der Waals surface area (Å²) < 4.78 is 6.41. The molecule has 7 aromatic carbocycles. The topological polar surface area (TPSA) is 16.4 Å². The molecule has 188 valence electrons. The van der Waals surface area contributed by atoms with Crippen molar-refractivity contribution >= 4 is 60.5 Å². The minimum atomic E-state index is 0.887. The molecule has 0 N–H and O–H groups in total. The van der Waals surface area contributed by atoms with E-state index in [0.29, 0.717) is 0 Å². The Morgan fingerprint density at radius 3 is 1.88 bits per heavy atom. The molecule has 2 nitrogen and oxygen atoms in total. The van der Waals surface area contributed by atoms with Crippen LogP contribution in [0.1, 0.15) is 0 Å². The van der Waals surface area contributed by atoms with Crippen LogP contribution in [0.2, 0.25) is 0 Å². The second-order valence-corrected chi connectivity index (χ2v) is 10.2. The number of anilines is 3. The van der Waals surface area contributed by atoms with Crippen molar-refractivity contribution in [2.75, 3.05) is 4.90 Å². The molecule has 0 saturated carbocycles. The standard InChI is InChI=1S/C38H25NO/c1-2-11-31(12-3-1)39(32-19-16-27(17-20-32)30-15-14-26-8-4-5-10-29(26)24-30)33-21-22-35-37(25-33)40-36-23-18-28-9-6-7-13-34(28)38(35)36/h1-25H. The maximum absolute atomic E-state index is 6.41. The van der Waals surface area contributed by atoms with Gasteiger partial charge in [0.15, 0.2) is 0 Å². The molecular formula is C38H25NO. The van der Waals surface area contributed by atoms with Gasteiger partial charge in [0, 0.05) is 33.9 Å². The molecule has 1 aromatic heterocycles. The van der Waals surface area contributed by atoms with E-state index in [1.165, 1.54) is 38.1 Å². The Bertz CT molecular complexity index is 2160. The van der Waals surface area contributed by atoms with E-state index in [2.05, 4.69) is 157 Å². The second-order valence-electron chi connectivity index (χ2n) is 10.2. The third-order valence-corrected chi connectivity index (χ3v) is 7.83. The van der Waals surface area contributed by atoms with E-state index in [-0.39, 0.29) is 0 Å². The van der Waals surface area contributed by atoms with Crippen LogP contribution in [0.5, 0.6) is 0 Å². The monoisotopic (exact) mass is 511 g/mol. The average molecular weight is 512 g/mol. The van der Waals surface area contributed by atoms with Gasteiger partial charge in [-0.3, -0.25) is 0 Å². The zero-order chi connectivity index (χ0) is 26.5. The van der Waals surface area contributed by atoms with Gasteiger partial charge in [-0.25, -0.2) is 0 Å². The minimum absolute atomic E-state index is 0.887. The molecule has 2 heteroatoms. The van der Waals surface area contributed by atoms with Gasteiger partial charge in [-0.15, -0.1) is 0 Å². The highest BCUT2D eigenvalue weighted by Gasteiger charge is 2.16. The highest BCUT2D eigenvalue weighted by molar-refractivity contribution is 6.19. The van der Waals surface area contributed by atoms with Gasteiger partial charge in [-0.05, 0) is 81.2 Å². The third kappa shape index (κ3) is 3.73. The van der Waals surface area contributed by atoms with E-state index in [0.717, 1.165) is 33.6 Å². The van der Waals surface area contributed by atoms with Crippen molar-refractivity contribution in [2.45, 2.75) is 0 Å². The van der Waals surface area contributed by atoms with Crippen molar-refractivity contribution in [3.05, 3.63) is 152 Å². The van der Waals surface area contributed by atoms with Crippen LogP contribution < -0.4 is 4.90 Å². The van der Waals surface area contributed by atoms with Crippen LogP contribution >= 0.6 is 0 Å². The lowest BCUT2D eigenvalue weighted by atomic mass is 10.0. The summed E-state index contributed by atoms with van der Waals surface area (Å²) in [4.78, 5) is 2.29. The summed E-state index contributed by atoms with van der Waals surface area (Å²) in [5.74, 6) is 0. The molecule has 8 rings (SSSR count). The molecule has 40 heavy (non-hydrogen) atoms. The van der Waals surface area contributed by atoms with E-state index in [1.807, 2.05) is 0 Å². The molecule has 1 heterocycles. The Labute approximate surface area is 232 Å². The highest BCUT2D eigenvalue weighted by Crippen LogP contribution is 2.40. The first-order valence-corrected chi connectivity index (χ1v) is 13.6. The van der Waals surface area contributed by atoms with E-state index >= 15 is 0 Å². The summed E-state index contributed by atoms with van der Waals surface area (Å²) in [7, 11) is 0. The summed E-state index contributed by atoms with van der Waals surface area (Å²) in [5.41, 5.74) is 7.46. The van der Waals surface area contributed by atoms with Gasteiger partial charge >= 0.3 is 0 Å². The van der Waals surface area contributed by atoms with Crippen LogP contribution in [-0.2, 0) is 0 Å². The largest absolute Gasteiger partial charge is 0.456 e. The molecule has 0 saturated heterocycles. The van der Waals surface area contributed by atoms with Crippen LogP contribution in [0.4, 0.5) is 17.1 Å². The van der Waals surface area contributed by atoms with Gasteiger partial charge in [0.2, 0.25) is 0 Å². The molecule has 0 spiro atoms. The lowest BCUT2D eigenvalue weighted by molar-refractivity contribution is 0.669. The second kappa shape index (κ2) is 9.14. The molecule has 0 atom stereocenters. The fourth-order valence-corrected chi connectivity index (χ4v) is 5.87. The summed E-state index contributed by atoms with van der Waals surface area (Å²) in [6, 6.07) is 53.8. The summed E-state index contributed by atoms with van der Waals surface area (Å²) in [6.45, 7) is 0. The molecule has 0 aliphatic heterocycles. The number of hydrogen-bond donors (Lipinski definition) is 0. The molecule has 0 bridgehead atoms. The van der Waals surface area contributed by atoms with Crippen LogP contribution in [-0.4, -0.2) is 0 Å². The van der Waals surface area contributed by atoms with Gasteiger partial charge in [0.05, 0.1) is 0 Å². The van der Waals surface area contributed by atoms with Crippen molar-refractivity contribution < 1.29 is 4.42 Å². The Kier molecular flexibility index (Phi) is 5.17. The van der Waals surface area contributed by atoms with Crippen LogP contribution in [0.15, 0.2) is 156 Å². The molecule has 0 unspecified atom stereocenters. The smallest absolute Gasteiger partial charge is 0.137 e. The van der Waals surface area contributed by atoms with Crippen molar-refractivity contribution in [3.8, 4) is 11.1 Å². The van der Waals surface area contributed by atoms with Gasteiger partial charge in [-0.2, -0.15) is 0 Å². The summed E-state index contributed by atoms with van der Waals surface area (Å²) in [5, 5.41) is 7.25. The molecule has 0 aliphatic carbocycles. The minimum Gasteiger partial charge on any atom is -0.456 e. The summed E-state index contributed by atoms with van der Waals surface area (Å²) >= 11 is 0. The first-order chi connectivity index (χ1) is 19.8. The predicted octanol–water partition coefficient (Wildman–Crippen LogP) is 11.0. The predicted molar refractivity (Wildman–Crippen MR) is 169 cm³/mol. The molecule has 0 amide bonds. The maximum Gasteiger partial charge on any atom is 0.137 e. The third-order valence-electron chi connectivity index (χ3n) is 7.83. The molecule has 8 aromatic rings. The zero-order valence-electron chi connectivity index (χ0n) is 21.8. The quantitative estimate of drug-likeness (QED) is 0.234. The fourth-order valence-electron chi connectivity index (χ4n) is 5.87. The lowest BCUT2D eigenvalue weighted by Gasteiger charge is -2.25. The fraction of sp³-hybridized carbons (Fsp3) is 0. The van der Waals surface area contributed by atoms with Gasteiger partial charge in [0.25, 0.3) is 0 Å². The SMILES string of the molecule is c1ccc(N(c2ccc(-c3ccc4ccccc4c3)cc2)c2ccc3c(c2)oc2ccc4ccccc4c23)cc1. The van der Waals surface area contributed by atoms with Crippen LogP contribution in [0.3, 0.4) is 0 Å². The van der Waals surface area contributed by atoms with Crippen LogP contribution in [0.25, 0.3) is 54.6 Å². The van der Waals surface area contributed by atoms with Crippen molar-refractivity contribution in [2.24, 2.45) is 0 Å². The van der Waals surface area contributed by atoms with E-state index in [1.54, 1.807) is 0 Å². The Morgan fingerprint density at radius 1 is 0.375 bits per heavy atom. The number of benzene rings is 7. The van der Waals surface area contributed by atoms with Crippen molar-refractivity contribution in [1.29, 1.82) is 0 Å². The molecule has 0 fully saturated rings. The first-order valence-electron chi connectivity index (χ1n) is 13.6. The normalized spacial score (nSPS) is 11.5. The Balaban J connectivity index is 1.24. The average Bonchev–Trinajstić information content (AvgIpc) is 3.40. The Hall–Kier alpha value is -5.34. The molecule has 0 radical (unpaired) electrons.